The first-order valence-corrected chi connectivity index (χ1v) is 11.3. The summed E-state index contributed by atoms with van der Waals surface area (Å²) < 4.78 is 27.9. The number of nitrogens with zero attached hydrogens (tertiary/aromatic N) is 1. The van der Waals surface area contributed by atoms with E-state index in [0.29, 0.717) is 37.4 Å². The zero-order valence-electron chi connectivity index (χ0n) is 14.6. The van der Waals surface area contributed by atoms with Crippen molar-refractivity contribution in [3.63, 3.8) is 0 Å². The Morgan fingerprint density at radius 2 is 1.81 bits per heavy atom. The second-order valence-corrected chi connectivity index (χ2v) is 9.64. The Morgan fingerprint density at radius 1 is 1.15 bits per heavy atom. The van der Waals surface area contributed by atoms with Crippen molar-refractivity contribution >= 4 is 43.5 Å². The molecular weight excluding hydrogens is 452 g/mol. The van der Waals surface area contributed by atoms with E-state index in [1.807, 2.05) is 24.3 Å². The number of carbonyl (C=O) groups is 1. The molecule has 0 radical (unpaired) electrons. The maximum Gasteiger partial charge on any atom is 0.243 e. The van der Waals surface area contributed by atoms with Crippen LogP contribution in [0.5, 0.6) is 0 Å². The Balaban J connectivity index is 1.63. The van der Waals surface area contributed by atoms with E-state index < -0.39 is 16.1 Å². The van der Waals surface area contributed by atoms with Crippen molar-refractivity contribution in [2.45, 2.75) is 30.2 Å². The molecule has 1 unspecified atom stereocenters. The number of nitrogens with one attached hydrogen (secondary N) is 1. The number of amides is 1. The number of hydrogen-bond donors (Lipinski definition) is 1. The second kappa shape index (κ2) is 8.73. The first kappa shape index (κ1) is 20.3. The highest BCUT2D eigenvalue weighted by molar-refractivity contribution is 9.10. The van der Waals surface area contributed by atoms with Crippen molar-refractivity contribution < 1.29 is 13.2 Å². The van der Waals surface area contributed by atoms with Gasteiger partial charge in [-0.1, -0.05) is 39.7 Å². The van der Waals surface area contributed by atoms with Crippen LogP contribution in [0.1, 0.15) is 18.4 Å². The Kier molecular flexibility index (Phi) is 6.57. The molecule has 2 aromatic carbocycles. The van der Waals surface area contributed by atoms with Crippen molar-refractivity contribution in [1.82, 2.24) is 9.62 Å². The largest absolute Gasteiger partial charge is 0.354 e. The third-order valence-electron chi connectivity index (χ3n) is 4.55. The van der Waals surface area contributed by atoms with Crippen LogP contribution in [-0.2, 0) is 21.2 Å². The summed E-state index contributed by atoms with van der Waals surface area (Å²) in [6.45, 7) is 0.802. The molecule has 1 aliphatic rings. The molecule has 144 valence electrons. The molecular formula is C19H20BrClN2O3S. The predicted octanol–water partition coefficient (Wildman–Crippen LogP) is 3.61. The highest BCUT2D eigenvalue weighted by atomic mass is 79.9. The molecule has 5 nitrogen and oxygen atoms in total. The third-order valence-corrected chi connectivity index (χ3v) is 7.26. The summed E-state index contributed by atoms with van der Waals surface area (Å²) in [6, 6.07) is 13.2. The minimum atomic E-state index is -3.69. The number of halogens is 2. The molecule has 0 aromatic heterocycles. The fourth-order valence-corrected chi connectivity index (χ4v) is 5.18. The Labute approximate surface area is 172 Å². The van der Waals surface area contributed by atoms with Gasteiger partial charge >= 0.3 is 0 Å². The summed E-state index contributed by atoms with van der Waals surface area (Å²) in [7, 11) is -3.69. The predicted molar refractivity (Wildman–Crippen MR) is 109 cm³/mol. The van der Waals surface area contributed by atoms with E-state index >= 15 is 0 Å². The van der Waals surface area contributed by atoms with E-state index in [9.17, 15) is 13.2 Å². The van der Waals surface area contributed by atoms with Crippen LogP contribution in [-0.4, -0.2) is 37.8 Å². The number of benzene rings is 2. The summed E-state index contributed by atoms with van der Waals surface area (Å²) in [5.74, 6) is -0.248. The molecule has 27 heavy (non-hydrogen) atoms. The lowest BCUT2D eigenvalue weighted by atomic mass is 10.1. The van der Waals surface area contributed by atoms with E-state index in [2.05, 4.69) is 21.2 Å². The molecule has 3 rings (SSSR count). The fraction of sp³-hybridized carbons (Fsp3) is 0.316. The van der Waals surface area contributed by atoms with Gasteiger partial charge in [0.15, 0.2) is 0 Å². The lowest BCUT2D eigenvalue weighted by Gasteiger charge is -2.23. The lowest BCUT2D eigenvalue weighted by molar-refractivity contribution is -0.124. The normalized spacial score (nSPS) is 17.8. The molecule has 1 N–H and O–H groups in total. The first-order valence-electron chi connectivity index (χ1n) is 8.67. The fourth-order valence-electron chi connectivity index (χ4n) is 3.13. The van der Waals surface area contributed by atoms with E-state index in [-0.39, 0.29) is 10.8 Å². The van der Waals surface area contributed by atoms with Gasteiger partial charge in [0.2, 0.25) is 15.9 Å². The maximum atomic E-state index is 12.9. The van der Waals surface area contributed by atoms with Crippen molar-refractivity contribution in [3.05, 3.63) is 63.6 Å². The zero-order valence-corrected chi connectivity index (χ0v) is 17.7. The summed E-state index contributed by atoms with van der Waals surface area (Å²) >= 11 is 9.17. The van der Waals surface area contributed by atoms with Gasteiger partial charge in [-0.2, -0.15) is 4.31 Å². The minimum Gasteiger partial charge on any atom is -0.354 e. The van der Waals surface area contributed by atoms with Gasteiger partial charge in [0.25, 0.3) is 0 Å². The molecule has 1 amide bonds. The monoisotopic (exact) mass is 470 g/mol. The summed E-state index contributed by atoms with van der Waals surface area (Å²) in [5.41, 5.74) is 1.06. The quantitative estimate of drug-likeness (QED) is 0.700. The number of rotatable bonds is 6. The van der Waals surface area contributed by atoms with Crippen molar-refractivity contribution in [2.75, 3.05) is 13.1 Å². The van der Waals surface area contributed by atoms with Gasteiger partial charge in [0.1, 0.15) is 6.04 Å². The summed E-state index contributed by atoms with van der Waals surface area (Å²) in [4.78, 5) is 12.8. The summed E-state index contributed by atoms with van der Waals surface area (Å²) in [6.07, 6.45) is 1.86. The van der Waals surface area contributed by atoms with Gasteiger partial charge in [-0.15, -0.1) is 0 Å². The van der Waals surface area contributed by atoms with Crippen LogP contribution in [0.3, 0.4) is 0 Å². The highest BCUT2D eigenvalue weighted by Gasteiger charge is 2.39. The van der Waals surface area contributed by atoms with Crippen molar-refractivity contribution in [3.8, 4) is 0 Å². The SMILES string of the molecule is O=C(NCCc1ccc(Cl)cc1)C1CCCN1S(=O)(=O)c1ccc(Br)cc1. The van der Waals surface area contributed by atoms with Crippen LogP contribution in [0.15, 0.2) is 57.9 Å². The van der Waals surface area contributed by atoms with E-state index in [1.165, 1.54) is 4.31 Å². The first-order chi connectivity index (χ1) is 12.9. The molecule has 1 atom stereocenters. The molecule has 0 spiro atoms. The van der Waals surface area contributed by atoms with E-state index in [1.54, 1.807) is 24.3 Å². The topological polar surface area (TPSA) is 66.5 Å². The Bertz CT molecular complexity index is 902. The third kappa shape index (κ3) is 4.90. The Morgan fingerprint density at radius 3 is 2.48 bits per heavy atom. The molecule has 8 heteroatoms. The van der Waals surface area contributed by atoms with Gasteiger partial charge in [-0.05, 0) is 61.2 Å². The highest BCUT2D eigenvalue weighted by Crippen LogP contribution is 2.27. The average Bonchev–Trinajstić information content (AvgIpc) is 3.14. The molecule has 1 saturated heterocycles. The molecule has 1 heterocycles. The van der Waals surface area contributed by atoms with E-state index in [4.69, 9.17) is 11.6 Å². The van der Waals surface area contributed by atoms with Gasteiger partial charge in [-0.25, -0.2) is 8.42 Å². The average molecular weight is 472 g/mol. The van der Waals surface area contributed by atoms with Crippen LogP contribution in [0.2, 0.25) is 5.02 Å². The minimum absolute atomic E-state index is 0.201. The molecule has 1 aliphatic heterocycles. The number of carbonyl (C=O) groups excluding carboxylic acids is 1. The van der Waals surface area contributed by atoms with Crippen LogP contribution in [0.25, 0.3) is 0 Å². The number of sulfonamides is 1. The van der Waals surface area contributed by atoms with Gasteiger partial charge in [-0.3, -0.25) is 4.79 Å². The molecule has 0 aliphatic carbocycles. The smallest absolute Gasteiger partial charge is 0.243 e. The van der Waals surface area contributed by atoms with Crippen LogP contribution < -0.4 is 5.32 Å². The second-order valence-electron chi connectivity index (χ2n) is 6.40. The van der Waals surface area contributed by atoms with Crippen LogP contribution in [0.4, 0.5) is 0 Å². The van der Waals surface area contributed by atoms with Gasteiger partial charge < -0.3 is 5.32 Å². The zero-order chi connectivity index (χ0) is 19.4. The van der Waals surface area contributed by atoms with E-state index in [0.717, 1.165) is 10.0 Å². The van der Waals surface area contributed by atoms with Crippen LogP contribution in [0, 0.1) is 0 Å². The van der Waals surface area contributed by atoms with Crippen molar-refractivity contribution in [1.29, 1.82) is 0 Å². The molecule has 2 aromatic rings. The van der Waals surface area contributed by atoms with Gasteiger partial charge in [0.05, 0.1) is 4.90 Å². The molecule has 1 fully saturated rings. The van der Waals surface area contributed by atoms with Crippen LogP contribution >= 0.6 is 27.5 Å². The lowest BCUT2D eigenvalue weighted by Crippen LogP contribution is -2.46. The van der Waals surface area contributed by atoms with Gasteiger partial charge in [0, 0.05) is 22.6 Å². The standard InChI is InChI=1S/C19H20BrClN2O3S/c20-15-5-9-17(10-6-15)27(25,26)23-13-1-2-18(23)19(24)22-12-11-14-3-7-16(21)8-4-14/h3-10,18H,1-2,11-13H2,(H,22,24). The Hall–Kier alpha value is -1.41. The molecule has 0 bridgehead atoms. The molecule has 0 saturated carbocycles. The van der Waals surface area contributed by atoms with Crippen molar-refractivity contribution in [2.24, 2.45) is 0 Å². The number of hydrogen-bond acceptors (Lipinski definition) is 3. The maximum absolute atomic E-state index is 12.9. The summed E-state index contributed by atoms with van der Waals surface area (Å²) in [5, 5.41) is 3.53.